The summed E-state index contributed by atoms with van der Waals surface area (Å²) in [6, 6.07) is 7.03. The molecule has 1 aliphatic carbocycles. The van der Waals surface area contributed by atoms with Crippen LogP contribution in [-0.4, -0.2) is 44.3 Å². The van der Waals surface area contributed by atoms with Crippen LogP contribution in [0.5, 0.6) is 5.75 Å². The molecule has 0 saturated heterocycles. The molecule has 29 heavy (non-hydrogen) atoms. The van der Waals surface area contributed by atoms with Gasteiger partial charge in [0.2, 0.25) is 5.91 Å². The number of anilines is 3. The number of aryl methyl sites for hydroxylation is 1. The van der Waals surface area contributed by atoms with Crippen molar-refractivity contribution in [3.8, 4) is 17.1 Å². The smallest absolute Gasteiger partial charge is 0.228 e. The second-order valence-electron chi connectivity index (χ2n) is 6.66. The van der Waals surface area contributed by atoms with E-state index in [9.17, 15) is 9.59 Å². The highest BCUT2D eigenvalue weighted by atomic mass is 16.5. The van der Waals surface area contributed by atoms with Gasteiger partial charge in [0.15, 0.2) is 23.7 Å². The van der Waals surface area contributed by atoms with Gasteiger partial charge in [-0.3, -0.25) is 14.3 Å². The number of ether oxygens (including phenoxy) is 1. The Hall–Kier alpha value is -3.82. The number of amides is 1. The van der Waals surface area contributed by atoms with E-state index >= 15 is 0 Å². The Morgan fingerprint density at radius 1 is 1.28 bits per heavy atom. The maximum absolute atomic E-state index is 12.0. The molecule has 1 aliphatic rings. The predicted octanol–water partition coefficient (Wildman–Crippen LogP) is 2.19. The van der Waals surface area contributed by atoms with Crippen LogP contribution >= 0.6 is 0 Å². The van der Waals surface area contributed by atoms with Crippen LogP contribution in [0, 0.1) is 5.92 Å². The number of hydrogen-bond acceptors (Lipinski definition) is 8. The molecule has 0 spiro atoms. The molecule has 0 atom stereocenters. The SMILES string of the molecule is COc1c(Nc2cc(NC(=O)C3CC3)nnc2C=O)cccc1-c1ncn(C)n1. The van der Waals surface area contributed by atoms with E-state index < -0.39 is 0 Å². The number of benzene rings is 1. The van der Waals surface area contributed by atoms with Gasteiger partial charge in [-0.1, -0.05) is 6.07 Å². The van der Waals surface area contributed by atoms with Crippen molar-refractivity contribution >= 4 is 29.4 Å². The maximum Gasteiger partial charge on any atom is 0.228 e. The summed E-state index contributed by atoms with van der Waals surface area (Å²) in [6.45, 7) is 0. The van der Waals surface area contributed by atoms with Crippen molar-refractivity contribution in [3.63, 3.8) is 0 Å². The normalized spacial score (nSPS) is 13.0. The molecule has 0 aliphatic heterocycles. The number of aldehydes is 1. The molecule has 0 radical (unpaired) electrons. The largest absolute Gasteiger partial charge is 0.494 e. The van der Waals surface area contributed by atoms with Crippen LogP contribution in [0.15, 0.2) is 30.6 Å². The molecule has 3 aromatic rings. The van der Waals surface area contributed by atoms with Crippen LogP contribution in [-0.2, 0) is 11.8 Å². The van der Waals surface area contributed by atoms with Crippen LogP contribution in [0.3, 0.4) is 0 Å². The number of methoxy groups -OCH3 is 1. The Kier molecular flexibility index (Phi) is 4.90. The fourth-order valence-corrected chi connectivity index (χ4v) is 2.86. The molecule has 4 rings (SSSR count). The summed E-state index contributed by atoms with van der Waals surface area (Å²) < 4.78 is 7.17. The Bertz CT molecular complexity index is 1080. The Balaban J connectivity index is 1.67. The van der Waals surface area contributed by atoms with Gasteiger partial charge in [0, 0.05) is 19.0 Å². The zero-order valence-electron chi connectivity index (χ0n) is 15.9. The van der Waals surface area contributed by atoms with Crippen LogP contribution in [0.4, 0.5) is 17.2 Å². The molecule has 1 fully saturated rings. The quantitative estimate of drug-likeness (QED) is 0.586. The van der Waals surface area contributed by atoms with Crippen molar-refractivity contribution < 1.29 is 14.3 Å². The van der Waals surface area contributed by atoms with E-state index in [2.05, 4.69) is 30.9 Å². The summed E-state index contributed by atoms with van der Waals surface area (Å²) >= 11 is 0. The number of rotatable bonds is 7. The standard InChI is InChI=1S/C19H19N7O3/c1-26-10-20-18(25-26)12-4-3-5-13(17(12)29-2)21-14-8-16(24-23-15(14)9-27)22-19(28)11-6-7-11/h3-5,8-11H,6-7H2,1-2H3,(H2,21,22,24,28). The zero-order chi connectivity index (χ0) is 20.4. The van der Waals surface area contributed by atoms with Gasteiger partial charge < -0.3 is 15.4 Å². The molecule has 1 aromatic carbocycles. The van der Waals surface area contributed by atoms with Crippen molar-refractivity contribution in [1.29, 1.82) is 0 Å². The first-order chi connectivity index (χ1) is 14.1. The van der Waals surface area contributed by atoms with Gasteiger partial charge in [-0.15, -0.1) is 10.2 Å². The summed E-state index contributed by atoms with van der Waals surface area (Å²) in [5.74, 6) is 1.23. The first kappa shape index (κ1) is 18.5. The first-order valence-electron chi connectivity index (χ1n) is 9.03. The van der Waals surface area contributed by atoms with Gasteiger partial charge >= 0.3 is 0 Å². The van der Waals surface area contributed by atoms with Crippen LogP contribution in [0.2, 0.25) is 0 Å². The minimum Gasteiger partial charge on any atom is -0.494 e. The second kappa shape index (κ2) is 7.66. The van der Waals surface area contributed by atoms with Crippen LogP contribution in [0.1, 0.15) is 23.3 Å². The Morgan fingerprint density at radius 3 is 2.76 bits per heavy atom. The number of carbonyl (C=O) groups excluding carboxylic acids is 2. The number of para-hydroxylation sites is 1. The van der Waals surface area contributed by atoms with Gasteiger partial charge in [-0.2, -0.15) is 5.10 Å². The second-order valence-corrected chi connectivity index (χ2v) is 6.66. The molecule has 2 N–H and O–H groups in total. The van der Waals surface area contributed by atoms with Crippen LogP contribution in [0.25, 0.3) is 11.4 Å². The Morgan fingerprint density at radius 2 is 2.10 bits per heavy atom. The minimum atomic E-state index is -0.0927. The number of hydrogen-bond donors (Lipinski definition) is 2. The van der Waals surface area contributed by atoms with Crippen molar-refractivity contribution in [2.45, 2.75) is 12.8 Å². The average molecular weight is 393 g/mol. The molecule has 2 heterocycles. The Labute approximate surface area is 166 Å². The van der Waals surface area contributed by atoms with E-state index in [1.807, 2.05) is 12.1 Å². The molecule has 1 amide bonds. The van der Waals surface area contributed by atoms with E-state index in [1.165, 1.54) is 0 Å². The van der Waals surface area contributed by atoms with Crippen molar-refractivity contribution in [3.05, 3.63) is 36.3 Å². The van der Waals surface area contributed by atoms with Gasteiger partial charge in [-0.25, -0.2) is 4.98 Å². The van der Waals surface area contributed by atoms with Crippen molar-refractivity contribution in [1.82, 2.24) is 25.0 Å². The zero-order valence-corrected chi connectivity index (χ0v) is 15.9. The summed E-state index contributed by atoms with van der Waals surface area (Å²) in [7, 11) is 3.32. The lowest BCUT2D eigenvalue weighted by atomic mass is 10.1. The van der Waals surface area contributed by atoms with E-state index in [0.717, 1.165) is 12.8 Å². The molecular formula is C19H19N7O3. The van der Waals surface area contributed by atoms with Gasteiger partial charge in [-0.05, 0) is 25.0 Å². The van der Waals surface area contributed by atoms with Gasteiger partial charge in [0.1, 0.15) is 12.0 Å². The van der Waals surface area contributed by atoms with E-state index in [1.54, 1.807) is 37.3 Å². The fraction of sp³-hybridized carbons (Fsp3) is 0.263. The molecule has 10 heteroatoms. The summed E-state index contributed by atoms with van der Waals surface area (Å²) in [5.41, 5.74) is 1.78. The summed E-state index contributed by atoms with van der Waals surface area (Å²) in [6.07, 6.45) is 3.95. The summed E-state index contributed by atoms with van der Waals surface area (Å²) in [5, 5.41) is 18.0. The topological polar surface area (TPSA) is 124 Å². The van der Waals surface area contributed by atoms with Gasteiger partial charge in [0.25, 0.3) is 0 Å². The fourth-order valence-electron chi connectivity index (χ4n) is 2.86. The minimum absolute atomic E-state index is 0.0293. The van der Waals surface area contributed by atoms with E-state index in [0.29, 0.717) is 34.8 Å². The number of nitrogens with zero attached hydrogens (tertiary/aromatic N) is 5. The third kappa shape index (κ3) is 3.91. The van der Waals surface area contributed by atoms with Gasteiger partial charge in [0.05, 0.1) is 24.0 Å². The summed E-state index contributed by atoms with van der Waals surface area (Å²) in [4.78, 5) is 27.7. The highest BCUT2D eigenvalue weighted by Gasteiger charge is 2.30. The molecular weight excluding hydrogens is 374 g/mol. The lowest BCUT2D eigenvalue weighted by Gasteiger charge is -2.15. The third-order valence-corrected chi connectivity index (χ3v) is 4.46. The average Bonchev–Trinajstić information content (AvgIpc) is 3.49. The van der Waals surface area contributed by atoms with Crippen molar-refractivity contribution in [2.24, 2.45) is 13.0 Å². The molecule has 1 saturated carbocycles. The maximum atomic E-state index is 12.0. The van der Waals surface area contributed by atoms with E-state index in [4.69, 9.17) is 4.74 Å². The third-order valence-electron chi connectivity index (χ3n) is 4.46. The highest BCUT2D eigenvalue weighted by Crippen LogP contribution is 2.37. The molecule has 0 unspecified atom stereocenters. The lowest BCUT2D eigenvalue weighted by molar-refractivity contribution is -0.117. The van der Waals surface area contributed by atoms with E-state index in [-0.39, 0.29) is 23.3 Å². The molecule has 2 aromatic heterocycles. The predicted molar refractivity (Wildman–Crippen MR) is 105 cm³/mol. The monoisotopic (exact) mass is 393 g/mol. The molecule has 148 valence electrons. The number of aromatic nitrogens is 5. The highest BCUT2D eigenvalue weighted by molar-refractivity contribution is 5.94. The molecule has 0 bridgehead atoms. The first-order valence-corrected chi connectivity index (χ1v) is 9.03. The molecule has 10 nitrogen and oxygen atoms in total. The van der Waals surface area contributed by atoms with Crippen molar-refractivity contribution in [2.75, 3.05) is 17.7 Å². The lowest BCUT2D eigenvalue weighted by Crippen LogP contribution is -2.15. The van der Waals surface area contributed by atoms with Crippen LogP contribution < -0.4 is 15.4 Å². The number of nitrogens with one attached hydrogen (secondary N) is 2. The number of carbonyl (C=O) groups is 2.